The summed E-state index contributed by atoms with van der Waals surface area (Å²) in [5.74, 6) is -0.774. The van der Waals surface area contributed by atoms with Gasteiger partial charge in [0.1, 0.15) is 17.7 Å². The maximum absolute atomic E-state index is 12.4. The number of esters is 2. The number of carbonyl (C=O) groups excluding carboxylic acids is 2. The Labute approximate surface area is 126 Å². The van der Waals surface area contributed by atoms with Gasteiger partial charge in [-0.15, -0.1) is 0 Å². The number of nitrogens with zero attached hydrogens (tertiary/aromatic N) is 1. The molecule has 2 unspecified atom stereocenters. The summed E-state index contributed by atoms with van der Waals surface area (Å²) in [4.78, 5) is 26.0. The molecule has 0 aromatic heterocycles. The van der Waals surface area contributed by atoms with E-state index >= 15 is 0 Å². The summed E-state index contributed by atoms with van der Waals surface area (Å²) < 4.78 is 10.2. The van der Waals surface area contributed by atoms with E-state index < -0.39 is 29.8 Å². The van der Waals surface area contributed by atoms with Crippen LogP contribution in [0.15, 0.2) is 0 Å². The van der Waals surface area contributed by atoms with Gasteiger partial charge in [-0.05, 0) is 27.2 Å². The Kier molecular flexibility index (Phi) is 6.16. The van der Waals surface area contributed by atoms with E-state index in [-0.39, 0.29) is 18.9 Å². The molecule has 0 bridgehead atoms. The van der Waals surface area contributed by atoms with E-state index in [0.29, 0.717) is 6.42 Å². The van der Waals surface area contributed by atoms with Crippen molar-refractivity contribution in [3.8, 4) is 0 Å². The van der Waals surface area contributed by atoms with E-state index in [2.05, 4.69) is 0 Å². The number of hydrogen-bond donors (Lipinski definition) is 1. The number of β-amino-alcohol motifs (C(OH)–C–C–N with tert-alkyl or cyclic N) is 1. The van der Waals surface area contributed by atoms with Crippen molar-refractivity contribution in [1.29, 1.82) is 0 Å². The third-order valence-electron chi connectivity index (χ3n) is 3.43. The molecule has 0 aromatic rings. The molecule has 1 rings (SSSR count). The minimum absolute atomic E-state index is 0.281. The van der Waals surface area contributed by atoms with E-state index in [1.807, 2.05) is 27.7 Å². The van der Waals surface area contributed by atoms with Crippen LogP contribution >= 0.6 is 0 Å². The Balaban J connectivity index is 2.92. The maximum atomic E-state index is 12.4. The first-order chi connectivity index (χ1) is 9.69. The molecule has 0 aliphatic carbocycles. The Bertz CT molecular complexity index is 377. The Morgan fingerprint density at radius 3 is 2.48 bits per heavy atom. The van der Waals surface area contributed by atoms with E-state index in [1.54, 1.807) is 4.90 Å². The van der Waals surface area contributed by atoms with Gasteiger partial charge in [0.15, 0.2) is 0 Å². The minimum Gasteiger partial charge on any atom is -0.468 e. The van der Waals surface area contributed by atoms with Gasteiger partial charge in [0.25, 0.3) is 0 Å². The molecule has 1 fully saturated rings. The molecule has 0 spiro atoms. The van der Waals surface area contributed by atoms with Crippen LogP contribution in [0.3, 0.4) is 0 Å². The molecule has 1 saturated heterocycles. The Morgan fingerprint density at radius 2 is 2.00 bits per heavy atom. The normalized spacial score (nSPS) is 24.7. The van der Waals surface area contributed by atoms with Gasteiger partial charge in [-0.2, -0.15) is 0 Å². The zero-order valence-electron chi connectivity index (χ0n) is 13.6. The largest absolute Gasteiger partial charge is 0.468 e. The lowest BCUT2D eigenvalue weighted by atomic mass is 10.1. The fraction of sp³-hybridized carbons (Fsp3) is 0.867. The summed E-state index contributed by atoms with van der Waals surface area (Å²) >= 11 is 0. The van der Waals surface area contributed by atoms with Crippen molar-refractivity contribution >= 4 is 11.9 Å². The number of aliphatic hydroxyl groups is 1. The average Bonchev–Trinajstić information content (AvgIpc) is 2.74. The first-order valence-electron chi connectivity index (χ1n) is 7.44. The van der Waals surface area contributed by atoms with E-state index in [0.717, 1.165) is 6.42 Å². The number of ether oxygens (including phenoxy) is 2. The molecule has 21 heavy (non-hydrogen) atoms. The lowest BCUT2D eigenvalue weighted by Crippen LogP contribution is -2.49. The smallest absolute Gasteiger partial charge is 0.323 e. The van der Waals surface area contributed by atoms with Crippen molar-refractivity contribution in [2.24, 2.45) is 0 Å². The van der Waals surface area contributed by atoms with Crippen LogP contribution in [0.2, 0.25) is 0 Å². The second-order valence-electron chi connectivity index (χ2n) is 6.46. The number of carbonyl (C=O) groups is 2. The second kappa shape index (κ2) is 7.22. The summed E-state index contributed by atoms with van der Waals surface area (Å²) in [6, 6.07) is -1.12. The van der Waals surface area contributed by atoms with Crippen molar-refractivity contribution in [3.63, 3.8) is 0 Å². The first-order valence-corrected chi connectivity index (χ1v) is 7.44. The van der Waals surface area contributed by atoms with Crippen LogP contribution < -0.4 is 0 Å². The number of aliphatic hydroxyl groups excluding tert-OH is 1. The van der Waals surface area contributed by atoms with Crippen molar-refractivity contribution < 1.29 is 24.2 Å². The molecule has 0 saturated carbocycles. The highest BCUT2D eigenvalue weighted by Crippen LogP contribution is 2.25. The van der Waals surface area contributed by atoms with E-state index in [1.165, 1.54) is 7.11 Å². The number of rotatable bonds is 5. The maximum Gasteiger partial charge on any atom is 0.323 e. The fourth-order valence-corrected chi connectivity index (χ4v) is 2.61. The van der Waals surface area contributed by atoms with Gasteiger partial charge in [0, 0.05) is 13.0 Å². The highest BCUT2D eigenvalue weighted by atomic mass is 16.6. The van der Waals surface area contributed by atoms with Crippen LogP contribution in [0, 0.1) is 0 Å². The molecule has 122 valence electrons. The molecule has 6 heteroatoms. The van der Waals surface area contributed by atoms with Crippen molar-refractivity contribution in [1.82, 2.24) is 4.90 Å². The summed E-state index contributed by atoms with van der Waals surface area (Å²) in [5, 5.41) is 9.84. The number of likely N-dealkylation sites (tertiary alicyclic amines) is 1. The van der Waals surface area contributed by atoms with Crippen LogP contribution in [0.1, 0.15) is 47.0 Å². The Hall–Kier alpha value is -1.14. The quantitative estimate of drug-likeness (QED) is 0.767. The molecule has 1 N–H and O–H groups in total. The van der Waals surface area contributed by atoms with Gasteiger partial charge in [0.2, 0.25) is 0 Å². The van der Waals surface area contributed by atoms with Crippen LogP contribution in [-0.2, 0) is 19.1 Å². The summed E-state index contributed by atoms with van der Waals surface area (Å²) in [5.41, 5.74) is -0.581. The SMILES string of the molecule is CCCC(C(=O)OC(C)(C)C)N1CC(O)C[C@H]1C(=O)OC. The van der Waals surface area contributed by atoms with Crippen LogP contribution in [0.4, 0.5) is 0 Å². The highest BCUT2D eigenvalue weighted by molar-refractivity contribution is 5.80. The molecule has 0 radical (unpaired) electrons. The molecule has 1 aliphatic heterocycles. The highest BCUT2D eigenvalue weighted by Gasteiger charge is 2.43. The molecular weight excluding hydrogens is 274 g/mol. The standard InChI is InChI=1S/C15H27NO5/c1-6-7-11(14(19)21-15(2,3)4)16-9-10(17)8-12(16)13(18)20-5/h10-12,17H,6-9H2,1-5H3/t10?,11?,12-/m0/s1. The van der Waals surface area contributed by atoms with Gasteiger partial charge >= 0.3 is 11.9 Å². The molecule has 3 atom stereocenters. The van der Waals surface area contributed by atoms with Gasteiger partial charge in [-0.3, -0.25) is 14.5 Å². The van der Waals surface area contributed by atoms with E-state index in [9.17, 15) is 14.7 Å². The van der Waals surface area contributed by atoms with E-state index in [4.69, 9.17) is 9.47 Å². The van der Waals surface area contributed by atoms with Crippen LogP contribution in [-0.4, -0.2) is 59.4 Å². The monoisotopic (exact) mass is 301 g/mol. The molecule has 6 nitrogen and oxygen atoms in total. The second-order valence-corrected chi connectivity index (χ2v) is 6.46. The molecule has 1 aliphatic rings. The van der Waals surface area contributed by atoms with Gasteiger partial charge in [-0.25, -0.2) is 0 Å². The third-order valence-corrected chi connectivity index (χ3v) is 3.43. The molecule has 0 aromatic carbocycles. The topological polar surface area (TPSA) is 76.1 Å². The average molecular weight is 301 g/mol. The van der Waals surface area contributed by atoms with Gasteiger partial charge in [-0.1, -0.05) is 13.3 Å². The minimum atomic E-state index is -0.629. The zero-order chi connectivity index (χ0) is 16.2. The fourth-order valence-electron chi connectivity index (χ4n) is 2.61. The third kappa shape index (κ3) is 4.97. The first kappa shape index (κ1) is 17.9. The van der Waals surface area contributed by atoms with Gasteiger partial charge in [0.05, 0.1) is 13.2 Å². The van der Waals surface area contributed by atoms with Crippen molar-refractivity contribution in [2.45, 2.75) is 70.7 Å². The number of methoxy groups -OCH3 is 1. The molecule has 1 heterocycles. The zero-order valence-corrected chi connectivity index (χ0v) is 13.6. The molecule has 0 amide bonds. The Morgan fingerprint density at radius 1 is 1.38 bits per heavy atom. The summed E-state index contributed by atoms with van der Waals surface area (Å²) in [7, 11) is 1.31. The summed E-state index contributed by atoms with van der Waals surface area (Å²) in [6.45, 7) is 7.68. The molecular formula is C15H27NO5. The van der Waals surface area contributed by atoms with Crippen molar-refractivity contribution in [2.75, 3.05) is 13.7 Å². The van der Waals surface area contributed by atoms with Gasteiger partial charge < -0.3 is 14.6 Å². The lowest BCUT2D eigenvalue weighted by molar-refractivity contribution is -0.164. The van der Waals surface area contributed by atoms with Crippen LogP contribution in [0.25, 0.3) is 0 Å². The number of hydrogen-bond acceptors (Lipinski definition) is 6. The van der Waals surface area contributed by atoms with Crippen molar-refractivity contribution in [3.05, 3.63) is 0 Å². The predicted molar refractivity (Wildman–Crippen MR) is 77.7 cm³/mol. The lowest BCUT2D eigenvalue weighted by Gasteiger charge is -2.32. The predicted octanol–water partition coefficient (Wildman–Crippen LogP) is 1.10. The summed E-state index contributed by atoms with van der Waals surface area (Å²) in [6.07, 6.45) is 1.02. The van der Waals surface area contributed by atoms with Crippen LogP contribution in [0.5, 0.6) is 0 Å².